The Kier molecular flexibility index (Phi) is 5.57. The molecule has 5 nitrogen and oxygen atoms in total. The van der Waals surface area contributed by atoms with Crippen molar-refractivity contribution in [2.75, 3.05) is 0 Å². The van der Waals surface area contributed by atoms with Gasteiger partial charge < -0.3 is 20.4 Å². The average molecular weight is 409 g/mol. The van der Waals surface area contributed by atoms with Gasteiger partial charge in [-0.2, -0.15) is 0 Å². The van der Waals surface area contributed by atoms with Crippen LogP contribution < -0.4 is 0 Å². The highest BCUT2D eigenvalue weighted by molar-refractivity contribution is 5.71. The summed E-state index contributed by atoms with van der Waals surface area (Å²) in [6.07, 6.45) is 6.60. The second kappa shape index (κ2) is 7.49. The zero-order valence-corrected chi connectivity index (χ0v) is 18.3. The summed E-state index contributed by atoms with van der Waals surface area (Å²) >= 11 is 0. The fourth-order valence-corrected chi connectivity index (χ4v) is 8.79. The van der Waals surface area contributed by atoms with Crippen LogP contribution >= 0.6 is 0 Å². The summed E-state index contributed by atoms with van der Waals surface area (Å²) in [4.78, 5) is 11.1. The number of carboxylic acids is 1. The molecule has 0 spiro atoms. The van der Waals surface area contributed by atoms with Crippen LogP contribution in [0.4, 0.5) is 0 Å². The van der Waals surface area contributed by atoms with E-state index < -0.39 is 12.1 Å². The van der Waals surface area contributed by atoms with E-state index >= 15 is 0 Å². The van der Waals surface area contributed by atoms with Gasteiger partial charge in [-0.05, 0) is 104 Å². The van der Waals surface area contributed by atoms with Gasteiger partial charge in [-0.15, -0.1) is 0 Å². The van der Waals surface area contributed by atoms with E-state index in [9.17, 15) is 20.1 Å². The number of hydrogen-bond donors (Lipinski definition) is 4. The standard InChI is InChI=1S/C24H40O5/c1-13(10-20(27)22(28)29)16-4-5-17-21-18(7-9-24(16,17)3)23(2)8-6-15(25)11-14(23)12-19(21)26/h13-21,25-27H,4-12H2,1-3H3,(H,28,29)/t13-,14+,15-,16-,17-,18-,19-,20-,21+,23+,24-/m1/s1. The van der Waals surface area contributed by atoms with E-state index in [4.69, 9.17) is 5.11 Å². The normalized spacial score (nSPS) is 51.4. The van der Waals surface area contributed by atoms with E-state index in [1.807, 2.05) is 0 Å². The molecule has 0 aromatic heterocycles. The lowest BCUT2D eigenvalue weighted by Gasteiger charge is -2.62. The molecule has 4 aliphatic carbocycles. The number of aliphatic hydroxyl groups is 3. The van der Waals surface area contributed by atoms with Gasteiger partial charge in [0.1, 0.15) is 0 Å². The van der Waals surface area contributed by atoms with Crippen LogP contribution in [-0.4, -0.2) is 44.7 Å². The molecule has 0 aromatic rings. The summed E-state index contributed by atoms with van der Waals surface area (Å²) in [5.41, 5.74) is 0.352. The Bertz CT molecular complexity index is 637. The van der Waals surface area contributed by atoms with Crippen molar-refractivity contribution in [3.63, 3.8) is 0 Å². The van der Waals surface area contributed by atoms with Gasteiger partial charge in [0, 0.05) is 0 Å². The zero-order valence-electron chi connectivity index (χ0n) is 18.3. The third kappa shape index (κ3) is 3.36. The molecule has 4 saturated carbocycles. The maximum Gasteiger partial charge on any atom is 0.332 e. The van der Waals surface area contributed by atoms with E-state index in [0.717, 1.165) is 51.4 Å². The molecule has 4 fully saturated rings. The van der Waals surface area contributed by atoms with Crippen molar-refractivity contribution < 1.29 is 25.2 Å². The summed E-state index contributed by atoms with van der Waals surface area (Å²) < 4.78 is 0. The minimum atomic E-state index is -1.28. The van der Waals surface area contributed by atoms with Crippen molar-refractivity contribution in [3.05, 3.63) is 0 Å². The number of carboxylic acid groups (broad SMARTS) is 1. The molecule has 4 N–H and O–H groups in total. The molecule has 0 bridgehead atoms. The van der Waals surface area contributed by atoms with Crippen molar-refractivity contribution >= 4 is 5.97 Å². The molecule has 4 rings (SSSR count). The summed E-state index contributed by atoms with van der Waals surface area (Å²) in [5, 5.41) is 40.5. The molecule has 29 heavy (non-hydrogen) atoms. The molecule has 5 heteroatoms. The molecular weight excluding hydrogens is 368 g/mol. The zero-order chi connectivity index (χ0) is 21.1. The Morgan fingerprint density at radius 2 is 1.66 bits per heavy atom. The second-order valence-electron chi connectivity index (χ2n) is 11.5. The maximum atomic E-state index is 11.2. The lowest BCUT2D eigenvalue weighted by Crippen LogP contribution is -2.58. The first kappa shape index (κ1) is 21.6. The highest BCUT2D eigenvalue weighted by Gasteiger charge is 2.62. The van der Waals surface area contributed by atoms with Crippen molar-refractivity contribution in [3.8, 4) is 0 Å². The monoisotopic (exact) mass is 408 g/mol. The van der Waals surface area contributed by atoms with Crippen LogP contribution in [0.3, 0.4) is 0 Å². The minimum Gasteiger partial charge on any atom is -0.479 e. The molecule has 11 atom stereocenters. The molecule has 0 saturated heterocycles. The Hall–Kier alpha value is -0.650. The Balaban J connectivity index is 1.56. The first-order valence-corrected chi connectivity index (χ1v) is 11.8. The van der Waals surface area contributed by atoms with Gasteiger partial charge >= 0.3 is 5.97 Å². The molecule has 0 radical (unpaired) electrons. The molecule has 0 aromatic carbocycles. The third-order valence-electron chi connectivity index (χ3n) is 10.3. The predicted molar refractivity (Wildman–Crippen MR) is 110 cm³/mol. The van der Waals surface area contributed by atoms with Gasteiger partial charge in [0.05, 0.1) is 12.2 Å². The van der Waals surface area contributed by atoms with E-state index in [1.54, 1.807) is 0 Å². The fraction of sp³-hybridized carbons (Fsp3) is 0.958. The molecule has 0 unspecified atom stereocenters. The number of carbonyl (C=O) groups is 1. The highest BCUT2D eigenvalue weighted by atomic mass is 16.4. The topological polar surface area (TPSA) is 98.0 Å². The average Bonchev–Trinajstić information content (AvgIpc) is 3.00. The summed E-state index contributed by atoms with van der Waals surface area (Å²) in [5.74, 6) is 1.22. The first-order chi connectivity index (χ1) is 13.6. The highest BCUT2D eigenvalue weighted by Crippen LogP contribution is 2.68. The third-order valence-corrected chi connectivity index (χ3v) is 10.3. The molecular formula is C24H40O5. The van der Waals surface area contributed by atoms with Crippen LogP contribution in [0.1, 0.15) is 78.6 Å². The predicted octanol–water partition coefficient (Wildman–Crippen LogP) is 3.45. The molecule has 0 heterocycles. The van der Waals surface area contributed by atoms with Gasteiger partial charge in [-0.3, -0.25) is 0 Å². The largest absolute Gasteiger partial charge is 0.479 e. The summed E-state index contributed by atoms with van der Waals surface area (Å²) in [7, 11) is 0. The number of aliphatic carboxylic acids is 1. The van der Waals surface area contributed by atoms with E-state index in [2.05, 4.69) is 20.8 Å². The van der Waals surface area contributed by atoms with Crippen molar-refractivity contribution in [2.24, 2.45) is 46.3 Å². The number of fused-ring (bicyclic) bond motifs is 5. The number of aliphatic hydroxyl groups excluding tert-OH is 3. The van der Waals surface area contributed by atoms with Gasteiger partial charge in [-0.25, -0.2) is 4.79 Å². The summed E-state index contributed by atoms with van der Waals surface area (Å²) in [6.45, 7) is 6.91. The molecule has 166 valence electrons. The van der Waals surface area contributed by atoms with Crippen molar-refractivity contribution in [2.45, 2.75) is 96.9 Å². The van der Waals surface area contributed by atoms with E-state index in [-0.39, 0.29) is 29.0 Å². The number of hydrogen-bond acceptors (Lipinski definition) is 4. The lowest BCUT2D eigenvalue weighted by molar-refractivity contribution is -0.174. The first-order valence-electron chi connectivity index (χ1n) is 11.8. The van der Waals surface area contributed by atoms with Gasteiger partial charge in [-0.1, -0.05) is 20.8 Å². The molecule has 0 aliphatic heterocycles. The van der Waals surface area contributed by atoms with Crippen LogP contribution in [0, 0.1) is 46.3 Å². The van der Waals surface area contributed by atoms with Crippen molar-refractivity contribution in [1.82, 2.24) is 0 Å². The van der Waals surface area contributed by atoms with E-state index in [1.165, 1.54) is 0 Å². The fourth-order valence-electron chi connectivity index (χ4n) is 8.79. The van der Waals surface area contributed by atoms with Crippen LogP contribution in [0.25, 0.3) is 0 Å². The van der Waals surface area contributed by atoms with Crippen LogP contribution in [0.5, 0.6) is 0 Å². The van der Waals surface area contributed by atoms with Gasteiger partial charge in [0.25, 0.3) is 0 Å². The van der Waals surface area contributed by atoms with Crippen molar-refractivity contribution in [1.29, 1.82) is 0 Å². The van der Waals surface area contributed by atoms with Crippen LogP contribution in [-0.2, 0) is 4.79 Å². The van der Waals surface area contributed by atoms with E-state index in [0.29, 0.717) is 36.0 Å². The van der Waals surface area contributed by atoms with Gasteiger partial charge in [0.2, 0.25) is 0 Å². The van der Waals surface area contributed by atoms with Crippen LogP contribution in [0.2, 0.25) is 0 Å². The molecule has 0 amide bonds. The Morgan fingerprint density at radius 3 is 2.34 bits per heavy atom. The Morgan fingerprint density at radius 1 is 1.00 bits per heavy atom. The summed E-state index contributed by atoms with van der Waals surface area (Å²) in [6, 6.07) is 0. The lowest BCUT2D eigenvalue weighted by atomic mass is 9.43. The Labute approximate surface area is 174 Å². The number of rotatable bonds is 4. The smallest absolute Gasteiger partial charge is 0.332 e. The minimum absolute atomic E-state index is 0.122. The second-order valence-corrected chi connectivity index (χ2v) is 11.5. The maximum absolute atomic E-state index is 11.2. The SMILES string of the molecule is C[C@H](C[C@@H](O)C(=O)O)[C@H]1CC[C@@H]2[C@@H]3[C@H](O)C[C@@H]4C[C@H](O)CC[C@]4(C)[C@@H]3CC[C@@]21C. The van der Waals surface area contributed by atoms with Crippen LogP contribution in [0.15, 0.2) is 0 Å². The van der Waals surface area contributed by atoms with Gasteiger partial charge in [0.15, 0.2) is 6.10 Å². The quantitative estimate of drug-likeness (QED) is 0.571. The molecule has 4 aliphatic rings.